The molecule has 0 spiro atoms. The van der Waals surface area contributed by atoms with Gasteiger partial charge < -0.3 is 13.5 Å². The minimum Gasteiger partial charge on any atom is -0.448 e. The molecule has 0 aromatic carbocycles. The minimum atomic E-state index is -0.168. The molecule has 470 valence electrons. The molecule has 0 saturated carbocycles. The lowest BCUT2D eigenvalue weighted by atomic mass is 10.1. The van der Waals surface area contributed by atoms with Crippen molar-refractivity contribution in [2.75, 3.05) is 0 Å². The Hall–Kier alpha value is -8.32. The summed E-state index contributed by atoms with van der Waals surface area (Å²) >= 11 is 1.72. The van der Waals surface area contributed by atoms with Crippen molar-refractivity contribution in [3.8, 4) is 0 Å². The van der Waals surface area contributed by atoms with Crippen LogP contribution < -0.4 is 5.56 Å². The summed E-state index contributed by atoms with van der Waals surface area (Å²) in [5.74, 6) is 8.48. The van der Waals surface area contributed by atoms with Gasteiger partial charge in [-0.05, 0) is 76.6 Å². The highest BCUT2D eigenvalue weighted by atomic mass is 32.1. The smallest absolute Gasteiger partial charge is 0.280 e. The maximum Gasteiger partial charge on any atom is 0.280 e. The van der Waals surface area contributed by atoms with Crippen molar-refractivity contribution >= 4 is 11.3 Å². The van der Waals surface area contributed by atoms with Crippen LogP contribution in [0, 0.1) is 0 Å². The largest absolute Gasteiger partial charge is 0.448 e. The van der Waals surface area contributed by atoms with Crippen LogP contribution in [0.1, 0.15) is 254 Å². The van der Waals surface area contributed by atoms with Crippen molar-refractivity contribution in [3.63, 3.8) is 0 Å². The molecule has 10 heterocycles. The van der Waals surface area contributed by atoms with Gasteiger partial charge in [0.2, 0.25) is 0 Å². The number of rotatable bonds is 10. The van der Waals surface area contributed by atoms with Gasteiger partial charge in [-0.1, -0.05) is 150 Å². The summed E-state index contributed by atoms with van der Waals surface area (Å²) in [7, 11) is 0. The van der Waals surface area contributed by atoms with Gasteiger partial charge in [0.25, 0.3) is 5.56 Å². The second-order valence-electron chi connectivity index (χ2n) is 22.5. The van der Waals surface area contributed by atoms with Crippen LogP contribution in [0.25, 0.3) is 0 Å². The molecule has 87 heavy (non-hydrogen) atoms. The van der Waals surface area contributed by atoms with Crippen LogP contribution in [0.2, 0.25) is 0 Å². The van der Waals surface area contributed by atoms with E-state index in [2.05, 4.69) is 201 Å². The van der Waals surface area contributed by atoms with E-state index in [0.29, 0.717) is 59.0 Å². The van der Waals surface area contributed by atoms with E-state index in [1.165, 1.54) is 34.2 Å². The SMILES string of the molecule is CC(C)c1cc(=O)[nH]o1.CC(C)c1cccnc1.CC(C)c1ccncc1.CC(C)c1ccncn1.CC(C)c1ccno1.CC(C)c1cnccn1.CC(C)c1cncnc1.CC(C)c1cnco1.CC(C)c1ncccn1.CC(C)c1nccs1. The van der Waals surface area contributed by atoms with Gasteiger partial charge in [-0.2, -0.15) is 5.16 Å². The van der Waals surface area contributed by atoms with E-state index in [1.54, 1.807) is 79.8 Å². The molecule has 10 aromatic heterocycles. The van der Waals surface area contributed by atoms with Crippen LogP contribution in [0.15, 0.2) is 184 Å². The number of pyridine rings is 2. The van der Waals surface area contributed by atoms with Crippen LogP contribution in [-0.2, 0) is 0 Å². The van der Waals surface area contributed by atoms with E-state index in [0.717, 1.165) is 28.7 Å². The maximum absolute atomic E-state index is 10.4. The molecule has 18 nitrogen and oxygen atoms in total. The summed E-state index contributed by atoms with van der Waals surface area (Å²) in [5.41, 5.74) is 5.83. The topological polar surface area (TPSA) is 240 Å². The highest BCUT2D eigenvalue weighted by Crippen LogP contribution is 2.17. The van der Waals surface area contributed by atoms with E-state index >= 15 is 0 Å². The summed E-state index contributed by atoms with van der Waals surface area (Å²) < 4.78 is 14.6. The van der Waals surface area contributed by atoms with Gasteiger partial charge in [0.1, 0.15) is 35.8 Å². The Morgan fingerprint density at radius 1 is 0.391 bits per heavy atom. The molecule has 10 rings (SSSR count). The molecular weight excluding hydrogens is 1110 g/mol. The van der Waals surface area contributed by atoms with E-state index in [4.69, 9.17) is 13.5 Å². The Kier molecular flexibility index (Phi) is 40.5. The molecule has 0 aliphatic heterocycles. The molecule has 19 heteroatoms. The second-order valence-corrected chi connectivity index (χ2v) is 23.4. The number of hydrogen-bond donors (Lipinski definition) is 1. The Bertz CT molecular complexity index is 2680. The van der Waals surface area contributed by atoms with Crippen molar-refractivity contribution in [3.05, 3.63) is 232 Å². The lowest BCUT2D eigenvalue weighted by Gasteiger charge is -2.01. The summed E-state index contributed by atoms with van der Waals surface area (Å²) in [6.45, 7) is 42.0. The van der Waals surface area contributed by atoms with Crippen LogP contribution in [0.3, 0.4) is 0 Å². The normalized spacial score (nSPS) is 10.2. The number of hydrogen-bond acceptors (Lipinski definition) is 18. The molecule has 0 atom stereocenters. The van der Waals surface area contributed by atoms with Crippen LogP contribution in [0.4, 0.5) is 0 Å². The zero-order valence-corrected chi connectivity index (χ0v) is 56.0. The molecule has 0 amide bonds. The molecule has 0 fully saturated rings. The number of aromatic nitrogens is 14. The Morgan fingerprint density at radius 2 is 0.989 bits per heavy atom. The van der Waals surface area contributed by atoms with Crippen LogP contribution in [-0.4, -0.2) is 70.1 Å². The van der Waals surface area contributed by atoms with Gasteiger partial charge in [0, 0.05) is 133 Å². The van der Waals surface area contributed by atoms with Gasteiger partial charge in [-0.15, -0.1) is 11.3 Å². The van der Waals surface area contributed by atoms with E-state index in [9.17, 15) is 4.79 Å². The summed E-state index contributed by atoms with van der Waals surface area (Å²) in [6, 6.07) is 15.3. The molecular formula is C68H98N14O4S. The molecule has 0 bridgehead atoms. The fraction of sp³-hybridized carbons (Fsp3) is 0.441. The number of aromatic amines is 1. The molecule has 0 aliphatic rings. The van der Waals surface area contributed by atoms with Crippen molar-refractivity contribution in [2.45, 2.75) is 198 Å². The zero-order valence-electron chi connectivity index (χ0n) is 55.2. The third-order valence-corrected chi connectivity index (χ3v) is 12.6. The van der Waals surface area contributed by atoms with E-state index in [-0.39, 0.29) is 11.5 Å². The predicted octanol–water partition coefficient (Wildman–Crippen LogP) is 17.8. The van der Waals surface area contributed by atoms with Crippen molar-refractivity contribution in [1.82, 2.24) is 70.1 Å². The molecule has 10 aromatic rings. The average Bonchev–Trinajstić information content (AvgIpc) is 4.47. The average molecular weight is 1210 g/mol. The number of nitrogens with one attached hydrogen (secondary N) is 1. The van der Waals surface area contributed by atoms with E-state index in [1.807, 2.05) is 92.8 Å². The maximum atomic E-state index is 10.4. The lowest BCUT2D eigenvalue weighted by Crippen LogP contribution is -1.93. The fourth-order valence-electron chi connectivity index (χ4n) is 6.07. The predicted molar refractivity (Wildman–Crippen MR) is 352 cm³/mol. The zero-order chi connectivity index (χ0) is 64.9. The highest BCUT2D eigenvalue weighted by Gasteiger charge is 2.04. The third-order valence-electron chi connectivity index (χ3n) is 11.5. The van der Waals surface area contributed by atoms with Crippen molar-refractivity contribution < 1.29 is 13.5 Å². The number of thiazole rings is 1. The van der Waals surface area contributed by atoms with Crippen molar-refractivity contribution in [2.24, 2.45) is 0 Å². The van der Waals surface area contributed by atoms with Gasteiger partial charge in [-0.25, -0.2) is 39.9 Å². The minimum absolute atomic E-state index is 0.168. The Morgan fingerprint density at radius 3 is 1.29 bits per heavy atom. The lowest BCUT2D eigenvalue weighted by molar-refractivity contribution is 0.367. The third kappa shape index (κ3) is 37.0. The quantitative estimate of drug-likeness (QED) is 0.134. The standard InChI is InChI=1S/2C8H11N.4C7H10N2.C6H9NO2.2C6H9NO.C6H9NS/c1-7(2)8-3-5-9-6-4-8;1-7(2)8-4-3-5-9-6-8;1-6(2)7-3-8-5-9-4-7;1-6(2)7-5-8-3-4-9-7;1-6(2)7-3-4-8-5-9-7;1-6(2)7-8-4-3-5-9-7;1-4(2)5-3-6(8)7-9-5;1-5(2)6-3-7-4-8-6;1-5(2)6-3-4-7-8-6;1-5(2)6-7-3-4-8-6/h2*3-7H,1-2H3;4*3-6H,1-2H3;3-4H,1-2H3,(H,7,8);3*3-5H,1-2H3. The molecule has 0 unspecified atom stereocenters. The van der Waals surface area contributed by atoms with E-state index < -0.39 is 0 Å². The first-order chi connectivity index (χ1) is 41.4. The first-order valence-corrected chi connectivity index (χ1v) is 30.5. The number of oxazole rings is 1. The second kappa shape index (κ2) is 46.0. The molecule has 0 radical (unpaired) electrons. The molecule has 0 aliphatic carbocycles. The monoisotopic (exact) mass is 1210 g/mol. The first-order valence-electron chi connectivity index (χ1n) is 29.6. The van der Waals surface area contributed by atoms with Gasteiger partial charge in [-0.3, -0.25) is 24.7 Å². The van der Waals surface area contributed by atoms with Crippen molar-refractivity contribution in [1.29, 1.82) is 0 Å². The molecule has 1 N–H and O–H groups in total. The number of H-pyrrole nitrogens is 1. The molecule has 0 saturated heterocycles. The summed E-state index contributed by atoms with van der Waals surface area (Å²) in [5, 5.41) is 9.02. The summed E-state index contributed by atoms with van der Waals surface area (Å²) in [4.78, 5) is 58.2. The van der Waals surface area contributed by atoms with Gasteiger partial charge >= 0.3 is 0 Å². The summed E-state index contributed by atoms with van der Waals surface area (Å²) in [6.07, 6.45) is 31.4. The Labute approximate surface area is 522 Å². The Balaban J connectivity index is 0.000000483. The fourth-order valence-corrected chi connectivity index (χ4v) is 6.73. The van der Waals surface area contributed by atoms with Crippen LogP contribution >= 0.6 is 11.3 Å². The number of nitrogens with zero attached hydrogens (tertiary/aromatic N) is 13. The van der Waals surface area contributed by atoms with Gasteiger partial charge in [0.05, 0.1) is 23.1 Å². The first kappa shape index (κ1) is 76.7. The van der Waals surface area contributed by atoms with Crippen LogP contribution in [0.5, 0.6) is 0 Å². The highest BCUT2D eigenvalue weighted by molar-refractivity contribution is 7.09. The van der Waals surface area contributed by atoms with Gasteiger partial charge in [0.15, 0.2) is 6.39 Å².